The largest absolute Gasteiger partial charge is 0.478 e. The first-order valence-corrected chi connectivity index (χ1v) is 4.92. The fourth-order valence-electron chi connectivity index (χ4n) is 2.44. The number of fused-ring (bicyclic) bond motifs is 2. The third-order valence-electron chi connectivity index (χ3n) is 2.92. The van der Waals surface area contributed by atoms with E-state index in [1.54, 1.807) is 0 Å². The molecule has 0 aromatic rings. The topological polar surface area (TPSA) is 49.3 Å². The molecule has 2 N–H and O–H groups in total. The molecule has 0 spiro atoms. The summed E-state index contributed by atoms with van der Waals surface area (Å²) >= 11 is 0. The van der Waals surface area contributed by atoms with Crippen molar-refractivity contribution in [3.8, 4) is 0 Å². The number of carboxylic acid groups (broad SMARTS) is 1. The fourth-order valence-corrected chi connectivity index (χ4v) is 2.44. The van der Waals surface area contributed by atoms with Gasteiger partial charge in [0.15, 0.2) is 0 Å². The smallest absolute Gasteiger partial charge is 0.328 e. The Morgan fingerprint density at radius 1 is 1.38 bits per heavy atom. The Kier molecular flexibility index (Phi) is 2.36. The van der Waals surface area contributed by atoms with Gasteiger partial charge in [0, 0.05) is 18.2 Å². The highest BCUT2D eigenvalue weighted by molar-refractivity contribution is 5.80. The van der Waals surface area contributed by atoms with Crippen molar-refractivity contribution in [3.05, 3.63) is 11.6 Å². The van der Waals surface area contributed by atoms with Gasteiger partial charge in [-0.05, 0) is 25.7 Å². The van der Waals surface area contributed by atoms with E-state index < -0.39 is 5.97 Å². The molecule has 2 unspecified atom stereocenters. The van der Waals surface area contributed by atoms with Crippen LogP contribution >= 0.6 is 0 Å². The Labute approximate surface area is 77.8 Å². The zero-order valence-electron chi connectivity index (χ0n) is 7.62. The fraction of sp³-hybridized carbons (Fsp3) is 0.700. The van der Waals surface area contributed by atoms with Crippen molar-refractivity contribution < 1.29 is 9.90 Å². The van der Waals surface area contributed by atoms with E-state index in [0.29, 0.717) is 12.1 Å². The van der Waals surface area contributed by atoms with Crippen LogP contribution in [0, 0.1) is 0 Å². The van der Waals surface area contributed by atoms with Gasteiger partial charge in [-0.2, -0.15) is 0 Å². The predicted molar refractivity (Wildman–Crippen MR) is 49.5 cm³/mol. The lowest BCUT2D eigenvalue weighted by Crippen LogP contribution is -2.46. The van der Waals surface area contributed by atoms with Gasteiger partial charge in [0.1, 0.15) is 0 Å². The molecule has 2 rings (SSSR count). The van der Waals surface area contributed by atoms with Crippen molar-refractivity contribution in [1.29, 1.82) is 0 Å². The summed E-state index contributed by atoms with van der Waals surface area (Å²) in [6.07, 6.45) is 6.96. The average Bonchev–Trinajstić information content (AvgIpc) is 2.01. The normalized spacial score (nSPS) is 32.8. The Morgan fingerprint density at radius 3 is 2.54 bits per heavy atom. The summed E-state index contributed by atoms with van der Waals surface area (Å²) in [4.78, 5) is 10.5. The van der Waals surface area contributed by atoms with E-state index >= 15 is 0 Å². The average molecular weight is 181 g/mol. The van der Waals surface area contributed by atoms with Gasteiger partial charge in [0.25, 0.3) is 0 Å². The van der Waals surface area contributed by atoms with Crippen molar-refractivity contribution >= 4 is 5.97 Å². The molecule has 0 aromatic heterocycles. The van der Waals surface area contributed by atoms with Crippen molar-refractivity contribution in [2.45, 2.75) is 44.2 Å². The van der Waals surface area contributed by atoms with E-state index in [1.807, 2.05) is 0 Å². The number of rotatable bonds is 1. The quantitative estimate of drug-likeness (QED) is 0.599. The van der Waals surface area contributed by atoms with Gasteiger partial charge >= 0.3 is 5.97 Å². The highest BCUT2D eigenvalue weighted by atomic mass is 16.4. The number of aliphatic carboxylic acids is 1. The lowest BCUT2D eigenvalue weighted by atomic mass is 9.84. The number of piperidine rings is 2. The summed E-state index contributed by atoms with van der Waals surface area (Å²) < 4.78 is 0. The lowest BCUT2D eigenvalue weighted by molar-refractivity contribution is -0.131. The zero-order chi connectivity index (χ0) is 9.26. The monoisotopic (exact) mass is 181 g/mol. The molecule has 13 heavy (non-hydrogen) atoms. The minimum atomic E-state index is -0.796. The van der Waals surface area contributed by atoms with E-state index in [4.69, 9.17) is 5.11 Å². The highest BCUT2D eigenvalue weighted by Crippen LogP contribution is 2.28. The number of hydrogen-bond donors (Lipinski definition) is 2. The van der Waals surface area contributed by atoms with Crippen LogP contribution in [0.25, 0.3) is 0 Å². The summed E-state index contributed by atoms with van der Waals surface area (Å²) in [5.74, 6) is -0.796. The van der Waals surface area contributed by atoms with Crippen LogP contribution in [0.1, 0.15) is 32.1 Å². The SMILES string of the molecule is O=C(O)C=C1CC2CCCC(C1)N2. The summed E-state index contributed by atoms with van der Waals surface area (Å²) in [5, 5.41) is 12.2. The van der Waals surface area contributed by atoms with Crippen LogP contribution in [0.3, 0.4) is 0 Å². The van der Waals surface area contributed by atoms with Gasteiger partial charge in [0.2, 0.25) is 0 Å². The van der Waals surface area contributed by atoms with Gasteiger partial charge in [-0.3, -0.25) is 0 Å². The second kappa shape index (κ2) is 3.50. The molecule has 72 valence electrons. The molecule has 2 bridgehead atoms. The third kappa shape index (κ3) is 2.10. The van der Waals surface area contributed by atoms with Crippen LogP contribution in [-0.2, 0) is 4.79 Å². The Morgan fingerprint density at radius 2 is 2.00 bits per heavy atom. The first-order chi connectivity index (χ1) is 6.24. The molecule has 2 heterocycles. The van der Waals surface area contributed by atoms with Crippen molar-refractivity contribution in [3.63, 3.8) is 0 Å². The molecule has 2 aliphatic rings. The standard InChI is InChI=1S/C10H15NO2/c12-10(13)6-7-4-8-2-1-3-9(5-7)11-8/h6,8-9,11H,1-5H2,(H,12,13). The third-order valence-corrected chi connectivity index (χ3v) is 2.92. The van der Waals surface area contributed by atoms with Crippen LogP contribution < -0.4 is 5.32 Å². The Hall–Kier alpha value is -0.830. The maximum atomic E-state index is 10.5. The molecule has 3 heteroatoms. The Balaban J connectivity index is 2.05. The zero-order valence-corrected chi connectivity index (χ0v) is 7.62. The molecule has 3 nitrogen and oxygen atoms in total. The number of hydrogen-bond acceptors (Lipinski definition) is 2. The van der Waals surface area contributed by atoms with E-state index in [1.165, 1.54) is 25.3 Å². The molecule has 2 atom stereocenters. The van der Waals surface area contributed by atoms with E-state index in [-0.39, 0.29) is 0 Å². The van der Waals surface area contributed by atoms with Gasteiger partial charge < -0.3 is 10.4 Å². The highest BCUT2D eigenvalue weighted by Gasteiger charge is 2.27. The molecule has 0 aliphatic carbocycles. The molecule has 0 saturated carbocycles. The Bertz CT molecular complexity index is 233. The summed E-state index contributed by atoms with van der Waals surface area (Å²) in [7, 11) is 0. The van der Waals surface area contributed by atoms with E-state index in [0.717, 1.165) is 18.4 Å². The molecular weight excluding hydrogens is 166 g/mol. The van der Waals surface area contributed by atoms with E-state index in [2.05, 4.69) is 5.32 Å². The molecule has 0 amide bonds. The van der Waals surface area contributed by atoms with Crippen LogP contribution in [0.2, 0.25) is 0 Å². The summed E-state index contributed by atoms with van der Waals surface area (Å²) in [5.41, 5.74) is 1.11. The first kappa shape index (κ1) is 8.75. The molecular formula is C10H15NO2. The molecule has 0 aromatic carbocycles. The number of carboxylic acids is 1. The molecule has 2 aliphatic heterocycles. The molecule has 0 radical (unpaired) electrons. The summed E-state index contributed by atoms with van der Waals surface area (Å²) in [6.45, 7) is 0. The minimum absolute atomic E-state index is 0.540. The summed E-state index contributed by atoms with van der Waals surface area (Å²) in [6, 6.07) is 1.08. The van der Waals surface area contributed by atoms with Gasteiger partial charge in [-0.25, -0.2) is 4.79 Å². The van der Waals surface area contributed by atoms with Crippen molar-refractivity contribution in [2.24, 2.45) is 0 Å². The maximum Gasteiger partial charge on any atom is 0.328 e. The predicted octanol–water partition coefficient (Wildman–Crippen LogP) is 1.30. The van der Waals surface area contributed by atoms with Crippen LogP contribution in [0.4, 0.5) is 0 Å². The van der Waals surface area contributed by atoms with E-state index in [9.17, 15) is 4.79 Å². The van der Waals surface area contributed by atoms with Crippen molar-refractivity contribution in [2.75, 3.05) is 0 Å². The van der Waals surface area contributed by atoms with Crippen molar-refractivity contribution in [1.82, 2.24) is 5.32 Å². The number of carbonyl (C=O) groups is 1. The molecule has 2 saturated heterocycles. The second-order valence-electron chi connectivity index (χ2n) is 4.04. The van der Waals surface area contributed by atoms with Gasteiger partial charge in [-0.1, -0.05) is 12.0 Å². The van der Waals surface area contributed by atoms with Crippen LogP contribution in [0.15, 0.2) is 11.6 Å². The van der Waals surface area contributed by atoms with Crippen LogP contribution in [0.5, 0.6) is 0 Å². The van der Waals surface area contributed by atoms with Gasteiger partial charge in [-0.15, -0.1) is 0 Å². The first-order valence-electron chi connectivity index (χ1n) is 4.92. The number of nitrogens with one attached hydrogen (secondary N) is 1. The maximum absolute atomic E-state index is 10.5. The molecule has 2 fully saturated rings. The van der Waals surface area contributed by atoms with Crippen LogP contribution in [-0.4, -0.2) is 23.2 Å². The minimum Gasteiger partial charge on any atom is -0.478 e. The van der Waals surface area contributed by atoms with Gasteiger partial charge in [0.05, 0.1) is 0 Å². The second-order valence-corrected chi connectivity index (χ2v) is 4.04. The lowest BCUT2D eigenvalue weighted by Gasteiger charge is -2.37.